The molecule has 0 aliphatic carbocycles. The average molecular weight is 477 g/mol. The molecule has 0 atom stereocenters. The fourth-order valence-corrected chi connectivity index (χ4v) is 3.56. The number of carbonyl (C=O) groups is 2. The molecule has 0 spiro atoms. The van der Waals surface area contributed by atoms with Crippen LogP contribution in [-0.2, 0) is 16.0 Å². The van der Waals surface area contributed by atoms with Crippen molar-refractivity contribution in [2.45, 2.75) is 13.3 Å². The normalized spacial score (nSPS) is 13.8. The number of pyridine rings is 1. The number of anilines is 4. The number of piperazine rings is 1. The highest BCUT2D eigenvalue weighted by atomic mass is 16.5. The second kappa shape index (κ2) is 11.3. The van der Waals surface area contributed by atoms with Crippen LogP contribution >= 0.6 is 0 Å². The van der Waals surface area contributed by atoms with Gasteiger partial charge in [-0.05, 0) is 24.3 Å². The Kier molecular flexibility index (Phi) is 7.78. The molecule has 11 heteroatoms. The average Bonchev–Trinajstić information content (AvgIpc) is 2.89. The molecule has 0 unspecified atom stereocenters. The van der Waals surface area contributed by atoms with E-state index in [-0.39, 0.29) is 18.4 Å². The smallest absolute Gasteiger partial charge is 0.319 e. The monoisotopic (exact) mass is 476 g/mol. The number of nitrogens with zero attached hydrogens (tertiary/aromatic N) is 6. The summed E-state index contributed by atoms with van der Waals surface area (Å²) < 4.78 is 4.75. The minimum atomic E-state index is -0.241. The highest BCUT2D eigenvalue weighted by molar-refractivity contribution is 6.04. The summed E-state index contributed by atoms with van der Waals surface area (Å²) in [6.07, 6.45) is 2.16. The number of nitrogens with one attached hydrogen (secondary N) is 2. The van der Waals surface area contributed by atoms with E-state index in [4.69, 9.17) is 4.74 Å². The number of hydrogen-bond donors (Lipinski definition) is 2. The Bertz CT molecular complexity index is 1150. The lowest BCUT2D eigenvalue weighted by Gasteiger charge is -2.34. The molecule has 1 amide bonds. The Hall–Kier alpha value is -4.12. The lowest BCUT2D eigenvalue weighted by atomic mass is 10.2. The molecule has 1 aromatic carbocycles. The third-order valence-electron chi connectivity index (χ3n) is 5.52. The second-order valence-electron chi connectivity index (χ2n) is 7.95. The maximum Gasteiger partial charge on any atom is 0.319 e. The Morgan fingerprint density at radius 3 is 2.43 bits per heavy atom. The molecule has 35 heavy (non-hydrogen) atoms. The highest BCUT2D eigenvalue weighted by Crippen LogP contribution is 2.17. The first-order valence-corrected chi connectivity index (χ1v) is 11.4. The molecule has 1 aliphatic heterocycles. The molecular formula is C24H28N8O3. The van der Waals surface area contributed by atoms with Crippen LogP contribution in [0.5, 0.6) is 0 Å². The molecule has 1 aliphatic rings. The largest absolute Gasteiger partial charge is 0.468 e. The number of benzene rings is 1. The summed E-state index contributed by atoms with van der Waals surface area (Å²) >= 11 is 0. The molecule has 11 nitrogen and oxygen atoms in total. The number of aryl methyl sites for hydroxylation is 1. The minimum absolute atomic E-state index is 0.239. The van der Waals surface area contributed by atoms with Crippen molar-refractivity contribution < 1.29 is 14.3 Å². The maximum absolute atomic E-state index is 12.4. The predicted octanol–water partition coefficient (Wildman–Crippen LogP) is 2.12. The standard InChI is InChI=1S/C24H28N8O3/c1-3-19-27-23(30-24(29-19)32-13-11-31(12-14-32)16-21(33)35-2)28-20-10-9-17(15-25-20)22(34)26-18-7-5-4-6-8-18/h4-10,15H,3,11-14,16H2,1-2H3,(H,26,34)(H,25,27,28,29,30). The van der Waals surface area contributed by atoms with Crippen molar-refractivity contribution in [3.63, 3.8) is 0 Å². The number of carbonyl (C=O) groups excluding carboxylic acids is 2. The predicted molar refractivity (Wildman–Crippen MR) is 132 cm³/mol. The van der Waals surface area contributed by atoms with Gasteiger partial charge in [-0.15, -0.1) is 0 Å². The SMILES string of the molecule is CCc1nc(Nc2ccc(C(=O)Nc3ccccc3)cn2)nc(N2CCN(CC(=O)OC)CC2)n1. The van der Waals surface area contributed by atoms with Crippen LogP contribution in [-0.4, -0.2) is 76.5 Å². The van der Waals surface area contributed by atoms with Crippen LogP contribution in [0.4, 0.5) is 23.4 Å². The van der Waals surface area contributed by atoms with Crippen molar-refractivity contribution >= 4 is 35.3 Å². The summed E-state index contributed by atoms with van der Waals surface area (Å²) in [5.41, 5.74) is 1.16. The van der Waals surface area contributed by atoms with Crippen LogP contribution < -0.4 is 15.5 Å². The summed E-state index contributed by atoms with van der Waals surface area (Å²) in [5, 5.41) is 5.95. The lowest BCUT2D eigenvalue weighted by molar-refractivity contribution is -0.142. The van der Waals surface area contributed by atoms with Crippen molar-refractivity contribution in [1.29, 1.82) is 0 Å². The van der Waals surface area contributed by atoms with E-state index in [2.05, 4.69) is 35.5 Å². The van der Waals surface area contributed by atoms with Gasteiger partial charge in [0.05, 0.1) is 19.2 Å². The van der Waals surface area contributed by atoms with E-state index >= 15 is 0 Å². The summed E-state index contributed by atoms with van der Waals surface area (Å²) in [5.74, 6) is 1.66. The molecule has 0 bridgehead atoms. The second-order valence-corrected chi connectivity index (χ2v) is 7.95. The molecule has 2 aromatic heterocycles. The number of ether oxygens (including phenoxy) is 1. The molecule has 0 saturated carbocycles. The Labute approximate surface area is 203 Å². The zero-order chi connectivity index (χ0) is 24.6. The van der Waals surface area contributed by atoms with E-state index in [1.165, 1.54) is 13.3 Å². The number of hydrogen-bond acceptors (Lipinski definition) is 10. The van der Waals surface area contributed by atoms with Gasteiger partial charge in [0.25, 0.3) is 5.91 Å². The van der Waals surface area contributed by atoms with E-state index in [1.807, 2.05) is 42.2 Å². The third kappa shape index (κ3) is 6.48. The van der Waals surface area contributed by atoms with Gasteiger partial charge in [-0.25, -0.2) is 4.98 Å². The molecule has 0 radical (unpaired) electrons. The highest BCUT2D eigenvalue weighted by Gasteiger charge is 2.22. The molecule has 182 valence electrons. The van der Waals surface area contributed by atoms with Crippen molar-refractivity contribution in [3.05, 3.63) is 60.0 Å². The van der Waals surface area contributed by atoms with E-state index in [9.17, 15) is 9.59 Å². The summed E-state index contributed by atoms with van der Waals surface area (Å²) in [6, 6.07) is 12.7. The van der Waals surface area contributed by atoms with Crippen molar-refractivity contribution in [2.75, 3.05) is 55.4 Å². The van der Waals surface area contributed by atoms with Gasteiger partial charge in [-0.1, -0.05) is 25.1 Å². The molecule has 1 saturated heterocycles. The van der Waals surface area contributed by atoms with E-state index in [0.29, 0.717) is 61.7 Å². The quantitative estimate of drug-likeness (QED) is 0.467. The summed E-state index contributed by atoms with van der Waals surface area (Å²) in [4.78, 5) is 46.1. The van der Waals surface area contributed by atoms with E-state index in [1.54, 1.807) is 12.1 Å². The fourth-order valence-electron chi connectivity index (χ4n) is 3.56. The van der Waals surface area contributed by atoms with Crippen LogP contribution in [0.25, 0.3) is 0 Å². The zero-order valence-corrected chi connectivity index (χ0v) is 19.8. The lowest BCUT2D eigenvalue weighted by Crippen LogP contribution is -2.48. The maximum atomic E-state index is 12.4. The van der Waals surface area contributed by atoms with Gasteiger partial charge in [0.15, 0.2) is 0 Å². The van der Waals surface area contributed by atoms with Crippen LogP contribution in [0.15, 0.2) is 48.7 Å². The Morgan fingerprint density at radius 1 is 1.00 bits per heavy atom. The minimum Gasteiger partial charge on any atom is -0.468 e. The number of methoxy groups -OCH3 is 1. The van der Waals surface area contributed by atoms with Gasteiger partial charge in [-0.2, -0.15) is 15.0 Å². The van der Waals surface area contributed by atoms with Crippen molar-refractivity contribution in [1.82, 2.24) is 24.8 Å². The molecule has 2 N–H and O–H groups in total. The number of aromatic nitrogens is 4. The van der Waals surface area contributed by atoms with Crippen LogP contribution in [0.3, 0.4) is 0 Å². The number of esters is 1. The Balaban J connectivity index is 1.41. The van der Waals surface area contributed by atoms with Gasteiger partial charge >= 0.3 is 5.97 Å². The van der Waals surface area contributed by atoms with Gasteiger partial charge in [-0.3, -0.25) is 14.5 Å². The third-order valence-corrected chi connectivity index (χ3v) is 5.52. The summed E-state index contributed by atoms with van der Waals surface area (Å²) in [6.45, 7) is 5.05. The first-order valence-electron chi connectivity index (χ1n) is 11.4. The summed E-state index contributed by atoms with van der Waals surface area (Å²) in [7, 11) is 1.39. The molecule has 4 rings (SSSR count). The van der Waals surface area contributed by atoms with E-state index in [0.717, 1.165) is 5.69 Å². The molecule has 1 fully saturated rings. The van der Waals surface area contributed by atoms with Gasteiger partial charge in [0.1, 0.15) is 11.6 Å². The first-order chi connectivity index (χ1) is 17.0. The van der Waals surface area contributed by atoms with Crippen LogP contribution in [0.1, 0.15) is 23.1 Å². The van der Waals surface area contributed by atoms with Crippen molar-refractivity contribution in [2.24, 2.45) is 0 Å². The molecular weight excluding hydrogens is 448 g/mol. The fraction of sp³-hybridized carbons (Fsp3) is 0.333. The number of rotatable bonds is 8. The topological polar surface area (TPSA) is 125 Å². The molecule has 3 aromatic rings. The molecule has 3 heterocycles. The van der Waals surface area contributed by atoms with Gasteiger partial charge in [0, 0.05) is 44.5 Å². The van der Waals surface area contributed by atoms with Gasteiger partial charge < -0.3 is 20.3 Å². The van der Waals surface area contributed by atoms with Crippen LogP contribution in [0, 0.1) is 0 Å². The van der Waals surface area contributed by atoms with Crippen molar-refractivity contribution in [3.8, 4) is 0 Å². The van der Waals surface area contributed by atoms with Crippen LogP contribution in [0.2, 0.25) is 0 Å². The zero-order valence-electron chi connectivity index (χ0n) is 19.8. The number of para-hydroxylation sites is 1. The first kappa shape index (κ1) is 24.0. The number of amides is 1. The van der Waals surface area contributed by atoms with Gasteiger partial charge in [0.2, 0.25) is 11.9 Å². The van der Waals surface area contributed by atoms with E-state index < -0.39 is 0 Å². The Morgan fingerprint density at radius 2 is 1.77 bits per heavy atom.